The van der Waals surface area contributed by atoms with Crippen molar-refractivity contribution in [1.82, 2.24) is 4.72 Å². The zero-order chi connectivity index (χ0) is 10.1. The van der Waals surface area contributed by atoms with E-state index in [9.17, 15) is 12.8 Å². The molecule has 0 heterocycles. The Morgan fingerprint density at radius 2 is 2.00 bits per heavy atom. The molecule has 0 aliphatic heterocycles. The highest BCUT2D eigenvalue weighted by Gasteiger charge is 2.31. The summed E-state index contributed by atoms with van der Waals surface area (Å²) < 4.78 is 38.2. The van der Waals surface area contributed by atoms with Gasteiger partial charge in [-0.1, -0.05) is 0 Å². The van der Waals surface area contributed by atoms with Crippen LogP contribution < -0.4 is 4.72 Å². The molecule has 1 N–H and O–H groups in total. The largest absolute Gasteiger partial charge is 0.246 e. The number of nitrogens with one attached hydrogen (secondary N) is 1. The van der Waals surface area contributed by atoms with Crippen LogP contribution in [0, 0.1) is 0 Å². The second-order valence-electron chi connectivity index (χ2n) is 3.77. The van der Waals surface area contributed by atoms with Crippen molar-refractivity contribution in [3.8, 4) is 0 Å². The summed E-state index contributed by atoms with van der Waals surface area (Å²) in [6, 6.07) is -0.493. The number of sulfonamides is 1. The molecule has 0 bridgehead atoms. The fraction of sp³-hybridized carbons (Fsp3) is 1.00. The van der Waals surface area contributed by atoms with Crippen LogP contribution in [-0.2, 0) is 10.0 Å². The predicted molar refractivity (Wildman–Crippen MR) is 49.7 cm³/mol. The minimum atomic E-state index is -3.30. The first kappa shape index (κ1) is 10.9. The van der Waals surface area contributed by atoms with Crippen LogP contribution >= 0.6 is 0 Å². The van der Waals surface area contributed by atoms with E-state index in [1.54, 1.807) is 13.8 Å². The van der Waals surface area contributed by atoms with Crippen molar-refractivity contribution in [2.24, 2.45) is 0 Å². The topological polar surface area (TPSA) is 46.2 Å². The van der Waals surface area contributed by atoms with E-state index in [1.165, 1.54) is 0 Å². The van der Waals surface area contributed by atoms with E-state index in [-0.39, 0.29) is 0 Å². The molecule has 0 amide bonds. The van der Waals surface area contributed by atoms with E-state index < -0.39 is 27.5 Å². The van der Waals surface area contributed by atoms with Crippen molar-refractivity contribution in [1.29, 1.82) is 0 Å². The summed E-state index contributed by atoms with van der Waals surface area (Å²) in [6.45, 7) is 3.18. The van der Waals surface area contributed by atoms with Crippen LogP contribution in [0.1, 0.15) is 33.1 Å². The van der Waals surface area contributed by atoms with Crippen molar-refractivity contribution < 1.29 is 12.8 Å². The second-order valence-corrected chi connectivity index (χ2v) is 6.03. The molecule has 0 unspecified atom stereocenters. The van der Waals surface area contributed by atoms with Gasteiger partial charge in [0, 0.05) is 0 Å². The van der Waals surface area contributed by atoms with Crippen LogP contribution in [0.4, 0.5) is 4.39 Å². The maximum Gasteiger partial charge on any atom is 0.214 e. The fourth-order valence-corrected chi connectivity index (χ4v) is 2.35. The summed E-state index contributed by atoms with van der Waals surface area (Å²) >= 11 is 0. The van der Waals surface area contributed by atoms with Gasteiger partial charge >= 0.3 is 0 Å². The van der Waals surface area contributed by atoms with Crippen LogP contribution in [0.5, 0.6) is 0 Å². The molecule has 1 fully saturated rings. The van der Waals surface area contributed by atoms with Gasteiger partial charge in [-0.25, -0.2) is 17.5 Å². The Hall–Kier alpha value is -0.160. The van der Waals surface area contributed by atoms with Gasteiger partial charge in [-0.3, -0.25) is 0 Å². The van der Waals surface area contributed by atoms with E-state index in [1.807, 2.05) is 0 Å². The Bertz CT molecular complexity index is 263. The highest BCUT2D eigenvalue weighted by molar-refractivity contribution is 7.90. The third-order valence-corrected chi connectivity index (χ3v) is 4.24. The quantitative estimate of drug-likeness (QED) is 0.759. The highest BCUT2D eigenvalue weighted by Crippen LogP contribution is 2.22. The second kappa shape index (κ2) is 3.92. The van der Waals surface area contributed by atoms with Crippen molar-refractivity contribution in [2.75, 3.05) is 0 Å². The summed E-state index contributed by atoms with van der Waals surface area (Å²) in [5.41, 5.74) is 0. The predicted octanol–water partition coefficient (Wildman–Crippen LogP) is 1.20. The summed E-state index contributed by atoms with van der Waals surface area (Å²) in [7, 11) is -3.30. The van der Waals surface area contributed by atoms with Gasteiger partial charge in [0.05, 0.1) is 11.3 Å². The van der Waals surface area contributed by atoms with E-state index in [0.29, 0.717) is 12.8 Å². The molecule has 1 saturated carbocycles. The zero-order valence-electron chi connectivity index (χ0n) is 7.96. The molecule has 0 radical (unpaired) electrons. The van der Waals surface area contributed by atoms with Gasteiger partial charge in [-0.05, 0) is 33.1 Å². The molecule has 78 valence electrons. The Morgan fingerprint density at radius 3 is 2.38 bits per heavy atom. The van der Waals surface area contributed by atoms with Crippen LogP contribution in [0.2, 0.25) is 0 Å². The molecular formula is C8H16FNO2S. The molecule has 0 saturated heterocycles. The molecule has 0 aromatic rings. The van der Waals surface area contributed by atoms with Gasteiger partial charge < -0.3 is 0 Å². The normalized spacial score (nSPS) is 29.8. The van der Waals surface area contributed by atoms with Crippen molar-refractivity contribution in [3.05, 3.63) is 0 Å². The molecule has 5 heteroatoms. The molecule has 13 heavy (non-hydrogen) atoms. The first-order valence-corrected chi connectivity index (χ1v) is 6.13. The van der Waals surface area contributed by atoms with Crippen molar-refractivity contribution in [3.63, 3.8) is 0 Å². The number of hydrogen-bond donors (Lipinski definition) is 1. The lowest BCUT2D eigenvalue weighted by Gasteiger charge is -2.16. The monoisotopic (exact) mass is 209 g/mol. The fourth-order valence-electron chi connectivity index (χ4n) is 1.39. The zero-order valence-corrected chi connectivity index (χ0v) is 8.77. The maximum atomic E-state index is 13.1. The van der Waals surface area contributed by atoms with Crippen molar-refractivity contribution >= 4 is 10.0 Å². The average molecular weight is 209 g/mol. The van der Waals surface area contributed by atoms with Crippen LogP contribution in [0.25, 0.3) is 0 Å². The lowest BCUT2D eigenvalue weighted by molar-refractivity contribution is 0.299. The standard InChI is InChI=1S/C8H16FNO2S/c1-6(2)13(11,12)10-8-5-3-4-7(8)9/h6-8,10H,3-5H2,1-2H3/t7-,8+/m0/s1. The number of hydrogen-bond acceptors (Lipinski definition) is 2. The maximum absolute atomic E-state index is 13.1. The molecule has 3 nitrogen and oxygen atoms in total. The van der Waals surface area contributed by atoms with Gasteiger partial charge in [-0.15, -0.1) is 0 Å². The van der Waals surface area contributed by atoms with Crippen LogP contribution in [-0.4, -0.2) is 25.9 Å². The first-order chi connectivity index (χ1) is 5.93. The Balaban J connectivity index is 2.58. The van der Waals surface area contributed by atoms with E-state index in [2.05, 4.69) is 4.72 Å². The van der Waals surface area contributed by atoms with Gasteiger partial charge in [0.15, 0.2) is 0 Å². The lowest BCUT2D eigenvalue weighted by atomic mass is 10.2. The number of alkyl halides is 1. The van der Waals surface area contributed by atoms with E-state index >= 15 is 0 Å². The highest BCUT2D eigenvalue weighted by atomic mass is 32.2. The Kier molecular flexibility index (Phi) is 3.29. The van der Waals surface area contributed by atoms with E-state index in [0.717, 1.165) is 6.42 Å². The average Bonchev–Trinajstić information content (AvgIpc) is 2.35. The number of halogens is 1. The molecule has 0 aromatic heterocycles. The summed E-state index contributed by atoms with van der Waals surface area (Å²) in [5, 5.41) is -0.486. The summed E-state index contributed by atoms with van der Waals surface area (Å²) in [4.78, 5) is 0. The SMILES string of the molecule is CC(C)S(=O)(=O)N[C@@H]1CCC[C@@H]1F. The third-order valence-electron chi connectivity index (χ3n) is 2.37. The Morgan fingerprint density at radius 1 is 1.38 bits per heavy atom. The lowest BCUT2D eigenvalue weighted by Crippen LogP contribution is -2.41. The summed E-state index contributed by atoms with van der Waals surface area (Å²) in [6.07, 6.45) is 0.860. The van der Waals surface area contributed by atoms with Gasteiger partial charge in [-0.2, -0.15) is 0 Å². The van der Waals surface area contributed by atoms with Gasteiger partial charge in [0.1, 0.15) is 6.17 Å². The van der Waals surface area contributed by atoms with Gasteiger partial charge in [0.25, 0.3) is 0 Å². The molecule has 0 aromatic carbocycles. The van der Waals surface area contributed by atoms with Crippen molar-refractivity contribution in [2.45, 2.75) is 50.6 Å². The minimum Gasteiger partial charge on any atom is -0.246 e. The Labute approximate surface area is 78.8 Å². The number of rotatable bonds is 3. The first-order valence-electron chi connectivity index (χ1n) is 4.58. The molecule has 0 spiro atoms. The van der Waals surface area contributed by atoms with Gasteiger partial charge in [0.2, 0.25) is 10.0 Å². The molecule has 2 atom stereocenters. The minimum absolute atomic E-state index is 0.477. The molecule has 1 aliphatic carbocycles. The molecule has 1 rings (SSSR count). The molecule has 1 aliphatic rings. The summed E-state index contributed by atoms with van der Waals surface area (Å²) in [5.74, 6) is 0. The third kappa shape index (κ3) is 2.64. The van der Waals surface area contributed by atoms with Crippen LogP contribution in [0.15, 0.2) is 0 Å². The molecular weight excluding hydrogens is 193 g/mol. The smallest absolute Gasteiger partial charge is 0.214 e. The van der Waals surface area contributed by atoms with E-state index in [4.69, 9.17) is 0 Å². The van der Waals surface area contributed by atoms with Crippen LogP contribution in [0.3, 0.4) is 0 Å².